The van der Waals surface area contributed by atoms with Crippen molar-refractivity contribution in [2.24, 2.45) is 15.9 Å². The number of hydrogen-bond acceptors (Lipinski definition) is 4. The van der Waals surface area contributed by atoms with E-state index in [-0.39, 0.29) is 0 Å². The fourth-order valence-electron chi connectivity index (χ4n) is 3.25. The first-order valence-corrected chi connectivity index (χ1v) is 10.6. The van der Waals surface area contributed by atoms with Gasteiger partial charge in [0.2, 0.25) is 0 Å². The summed E-state index contributed by atoms with van der Waals surface area (Å²) in [6.07, 6.45) is 5.74. The Balaban J connectivity index is 1.48. The smallest absolute Gasteiger partial charge is 0.180 e. The first-order chi connectivity index (χ1) is 13.2. The lowest BCUT2D eigenvalue weighted by Gasteiger charge is -2.33. The number of amidine groups is 1. The maximum Gasteiger partial charge on any atom is 0.180 e. The van der Waals surface area contributed by atoms with Crippen LogP contribution in [0.15, 0.2) is 64.8 Å². The van der Waals surface area contributed by atoms with E-state index in [9.17, 15) is 0 Å². The Kier molecular flexibility index (Phi) is 7.48. The topological polar surface area (TPSA) is 54.0 Å². The largest absolute Gasteiger partial charge is 0.377 e. The highest BCUT2D eigenvalue weighted by molar-refractivity contribution is 8.13. The van der Waals surface area contributed by atoms with Crippen molar-refractivity contribution in [1.29, 1.82) is 0 Å². The number of nitrogens with two attached hydrogens (primary N) is 1. The van der Waals surface area contributed by atoms with Crippen molar-refractivity contribution in [2.75, 3.05) is 6.54 Å². The summed E-state index contributed by atoms with van der Waals surface area (Å²) < 4.78 is 0. The summed E-state index contributed by atoms with van der Waals surface area (Å²) in [5.74, 6) is 0.801. The molecule has 1 heterocycles. The van der Waals surface area contributed by atoms with Crippen LogP contribution in [0.3, 0.4) is 0 Å². The van der Waals surface area contributed by atoms with E-state index >= 15 is 0 Å². The average Bonchev–Trinajstić information content (AvgIpc) is 2.70. The summed E-state index contributed by atoms with van der Waals surface area (Å²) in [4.78, 5) is 2.57. The predicted molar refractivity (Wildman–Crippen MR) is 117 cm³/mol. The van der Waals surface area contributed by atoms with E-state index < -0.39 is 0 Å². The monoisotopic (exact) mass is 380 g/mol. The molecule has 1 fully saturated rings. The van der Waals surface area contributed by atoms with Gasteiger partial charge in [-0.1, -0.05) is 72.8 Å². The van der Waals surface area contributed by atoms with Gasteiger partial charge in [0.15, 0.2) is 5.17 Å². The zero-order valence-corrected chi connectivity index (χ0v) is 16.7. The highest BCUT2D eigenvalue weighted by atomic mass is 32.2. The van der Waals surface area contributed by atoms with Gasteiger partial charge in [-0.3, -0.25) is 4.90 Å². The van der Waals surface area contributed by atoms with Gasteiger partial charge >= 0.3 is 0 Å². The standard InChI is InChI=1S/C22H28N4S/c1-18-7-5-6-14-26(18)16-20-12-10-19(11-13-20)15-24-25-22(23)27-17-21-8-3-2-4-9-21/h2-4,8-13,15,18H,5-7,14,16-17H2,1H3,(H2,23,25). The third-order valence-electron chi connectivity index (χ3n) is 4.90. The number of likely N-dealkylation sites (tertiary alicyclic amines) is 1. The molecule has 0 bridgehead atoms. The van der Waals surface area contributed by atoms with Crippen molar-refractivity contribution >= 4 is 23.1 Å². The molecule has 0 aromatic heterocycles. The third kappa shape index (κ3) is 6.52. The Labute approximate surface area is 166 Å². The van der Waals surface area contributed by atoms with Crippen molar-refractivity contribution in [2.45, 2.75) is 44.5 Å². The molecule has 1 aliphatic heterocycles. The second-order valence-electron chi connectivity index (χ2n) is 7.01. The molecule has 5 heteroatoms. The van der Waals surface area contributed by atoms with Gasteiger partial charge in [0.25, 0.3) is 0 Å². The second kappa shape index (κ2) is 10.3. The second-order valence-corrected chi connectivity index (χ2v) is 8.01. The van der Waals surface area contributed by atoms with E-state index in [1.807, 2.05) is 18.2 Å². The first-order valence-electron chi connectivity index (χ1n) is 9.57. The number of rotatable bonds is 6. The minimum Gasteiger partial charge on any atom is -0.377 e. The van der Waals surface area contributed by atoms with Gasteiger partial charge in [0.1, 0.15) is 0 Å². The zero-order valence-electron chi connectivity index (χ0n) is 15.9. The van der Waals surface area contributed by atoms with Crippen LogP contribution >= 0.6 is 11.8 Å². The summed E-state index contributed by atoms with van der Waals surface area (Å²) in [6, 6.07) is 19.4. The minimum absolute atomic E-state index is 0.478. The molecule has 2 aromatic carbocycles. The van der Waals surface area contributed by atoms with Crippen LogP contribution in [0.25, 0.3) is 0 Å². The molecular formula is C22H28N4S. The molecule has 0 saturated carbocycles. The molecule has 0 spiro atoms. The fourth-order valence-corrected chi connectivity index (χ4v) is 3.86. The Hall–Kier alpha value is -2.11. The molecule has 2 N–H and O–H groups in total. The van der Waals surface area contributed by atoms with Crippen molar-refractivity contribution in [3.63, 3.8) is 0 Å². The van der Waals surface area contributed by atoms with Crippen LogP contribution in [0.5, 0.6) is 0 Å². The van der Waals surface area contributed by atoms with Crippen LogP contribution in [0.4, 0.5) is 0 Å². The van der Waals surface area contributed by atoms with Crippen molar-refractivity contribution in [1.82, 2.24) is 4.90 Å². The summed E-state index contributed by atoms with van der Waals surface area (Å²) in [6.45, 7) is 4.57. The first kappa shape index (κ1) is 19.6. The van der Waals surface area contributed by atoms with Crippen LogP contribution in [-0.4, -0.2) is 28.9 Å². The predicted octanol–water partition coefficient (Wildman–Crippen LogP) is 4.64. The molecule has 1 saturated heterocycles. The minimum atomic E-state index is 0.478. The van der Waals surface area contributed by atoms with Crippen molar-refractivity contribution in [3.05, 3.63) is 71.3 Å². The lowest BCUT2D eigenvalue weighted by atomic mass is 10.0. The van der Waals surface area contributed by atoms with Gasteiger partial charge in [-0.2, -0.15) is 5.10 Å². The van der Waals surface area contributed by atoms with E-state index in [0.717, 1.165) is 17.9 Å². The van der Waals surface area contributed by atoms with Crippen LogP contribution in [0.2, 0.25) is 0 Å². The molecule has 0 amide bonds. The lowest BCUT2D eigenvalue weighted by Crippen LogP contribution is -2.36. The molecular weight excluding hydrogens is 352 g/mol. The van der Waals surface area contributed by atoms with Crippen LogP contribution in [0.1, 0.15) is 42.9 Å². The quantitative estimate of drug-likeness (QED) is 0.451. The highest BCUT2D eigenvalue weighted by Crippen LogP contribution is 2.19. The van der Waals surface area contributed by atoms with E-state index in [0.29, 0.717) is 11.2 Å². The maximum absolute atomic E-state index is 5.92. The SMILES string of the molecule is CC1CCCCN1Cc1ccc(C=NN=C(N)SCc2ccccc2)cc1. The maximum atomic E-state index is 5.92. The molecule has 4 nitrogen and oxygen atoms in total. The molecule has 0 radical (unpaired) electrons. The van der Waals surface area contributed by atoms with Gasteiger partial charge < -0.3 is 5.73 Å². The Morgan fingerprint density at radius 1 is 1.11 bits per heavy atom. The van der Waals surface area contributed by atoms with Crippen LogP contribution in [-0.2, 0) is 12.3 Å². The van der Waals surface area contributed by atoms with Gasteiger partial charge in [-0.05, 0) is 43.0 Å². The van der Waals surface area contributed by atoms with E-state index in [1.165, 1.54) is 48.7 Å². The molecule has 3 rings (SSSR count). The van der Waals surface area contributed by atoms with Gasteiger partial charge in [-0.25, -0.2) is 0 Å². The fraction of sp³-hybridized carbons (Fsp3) is 0.364. The molecule has 1 aliphatic rings. The third-order valence-corrected chi connectivity index (χ3v) is 5.75. The summed E-state index contributed by atoms with van der Waals surface area (Å²) in [5, 5.41) is 8.67. The summed E-state index contributed by atoms with van der Waals surface area (Å²) in [7, 11) is 0. The number of nitrogens with zero attached hydrogens (tertiary/aromatic N) is 3. The average molecular weight is 381 g/mol. The Morgan fingerprint density at radius 2 is 1.89 bits per heavy atom. The number of benzene rings is 2. The highest BCUT2D eigenvalue weighted by Gasteiger charge is 2.17. The summed E-state index contributed by atoms with van der Waals surface area (Å²) >= 11 is 1.50. The van der Waals surface area contributed by atoms with Gasteiger partial charge in [0, 0.05) is 18.3 Å². The van der Waals surface area contributed by atoms with Crippen LogP contribution in [0, 0.1) is 0 Å². The van der Waals surface area contributed by atoms with Crippen molar-refractivity contribution in [3.8, 4) is 0 Å². The number of hydrogen-bond donors (Lipinski definition) is 1. The molecule has 0 aliphatic carbocycles. The molecule has 27 heavy (non-hydrogen) atoms. The lowest BCUT2D eigenvalue weighted by molar-refractivity contribution is 0.152. The van der Waals surface area contributed by atoms with E-state index in [4.69, 9.17) is 5.73 Å². The van der Waals surface area contributed by atoms with Crippen LogP contribution < -0.4 is 5.73 Å². The zero-order chi connectivity index (χ0) is 18.9. The van der Waals surface area contributed by atoms with Gasteiger partial charge in [0.05, 0.1) is 6.21 Å². The Bertz CT molecular complexity index is 756. The molecule has 2 aromatic rings. The Morgan fingerprint density at radius 3 is 2.63 bits per heavy atom. The molecule has 1 unspecified atom stereocenters. The van der Waals surface area contributed by atoms with Gasteiger partial charge in [-0.15, -0.1) is 5.10 Å². The number of piperidine rings is 1. The number of thioether (sulfide) groups is 1. The summed E-state index contributed by atoms with van der Waals surface area (Å²) in [5.41, 5.74) is 9.53. The van der Waals surface area contributed by atoms with E-state index in [2.05, 4.69) is 58.4 Å². The van der Waals surface area contributed by atoms with Crippen molar-refractivity contribution < 1.29 is 0 Å². The normalized spacial score (nSPS) is 18.9. The van der Waals surface area contributed by atoms with E-state index in [1.54, 1.807) is 6.21 Å². The molecule has 142 valence electrons. The molecule has 1 atom stereocenters.